The van der Waals surface area contributed by atoms with Crippen LogP contribution in [0.1, 0.15) is 25.7 Å². The molecule has 1 aliphatic rings. The molecule has 0 radical (unpaired) electrons. The molecule has 1 rings (SSSR count). The highest BCUT2D eigenvalue weighted by atomic mass is 16.4. The second kappa shape index (κ2) is 24.7. The zero-order valence-corrected chi connectivity index (χ0v) is 30.1. The van der Waals surface area contributed by atoms with Gasteiger partial charge in [0.05, 0.1) is 45.4 Å². The Kier molecular flexibility index (Phi) is 21.4. The van der Waals surface area contributed by atoms with Crippen molar-refractivity contribution in [2.45, 2.75) is 43.8 Å². The number of nitrogens with one attached hydrogen (secondary N) is 5. The molecule has 4 amide bonds. The molecule has 310 valence electrons. The van der Waals surface area contributed by atoms with E-state index in [1.807, 2.05) is 0 Å². The lowest BCUT2D eigenvalue weighted by Gasteiger charge is -2.33. The second-order valence-corrected chi connectivity index (χ2v) is 12.5. The van der Waals surface area contributed by atoms with Crippen LogP contribution in [0.4, 0.5) is 0 Å². The highest BCUT2D eigenvalue weighted by Crippen LogP contribution is 2.05. The number of nitrogens with zero attached hydrogens (tertiary/aromatic N) is 4. The largest absolute Gasteiger partial charge is 0.481 e. The number of carboxylic acid groups (broad SMARTS) is 6. The minimum atomic E-state index is -1.86. The molecule has 0 aliphatic carbocycles. The number of hydrazine groups is 1. The van der Waals surface area contributed by atoms with Crippen LogP contribution in [0, 0.1) is 0 Å². The fraction of sp³-hybridized carbons (Fsp3) is 0.667. The van der Waals surface area contributed by atoms with Crippen LogP contribution in [0.5, 0.6) is 0 Å². The highest BCUT2D eigenvalue weighted by Gasteiger charge is 2.31. The van der Waals surface area contributed by atoms with Gasteiger partial charge in [0.1, 0.15) is 12.1 Å². The lowest BCUT2D eigenvalue weighted by molar-refractivity contribution is -0.143. The van der Waals surface area contributed by atoms with Crippen LogP contribution in [-0.2, 0) is 47.9 Å². The van der Waals surface area contributed by atoms with Gasteiger partial charge in [0.2, 0.25) is 17.7 Å². The number of carbonyl (C=O) groups is 10. The normalized spacial score (nSPS) is 16.8. The molecule has 1 saturated heterocycles. The minimum absolute atomic E-state index is 0.0613. The van der Waals surface area contributed by atoms with Crippen molar-refractivity contribution in [3.8, 4) is 0 Å². The summed E-state index contributed by atoms with van der Waals surface area (Å²) in [6.45, 7) is -0.789. The van der Waals surface area contributed by atoms with Gasteiger partial charge in [-0.1, -0.05) is 0 Å². The minimum Gasteiger partial charge on any atom is -0.481 e. The third-order valence-electron chi connectivity index (χ3n) is 7.88. The zero-order valence-electron chi connectivity index (χ0n) is 30.1. The number of amides is 4. The number of rotatable bonds is 22. The number of hydrogen-bond donors (Lipinski definition) is 11. The summed E-state index contributed by atoms with van der Waals surface area (Å²) in [7, 11) is 1.28. The fourth-order valence-electron chi connectivity index (χ4n) is 5.37. The van der Waals surface area contributed by atoms with Crippen LogP contribution in [0.3, 0.4) is 0 Å². The number of carbonyl (C=O) groups excluding carboxylic acids is 4. The van der Waals surface area contributed by atoms with E-state index in [0.717, 1.165) is 0 Å². The third kappa shape index (κ3) is 21.7. The monoisotopic (exact) mass is 791 g/mol. The van der Waals surface area contributed by atoms with Crippen LogP contribution in [0.25, 0.3) is 0 Å². The Morgan fingerprint density at radius 1 is 0.436 bits per heavy atom. The summed E-state index contributed by atoms with van der Waals surface area (Å²) >= 11 is 0. The number of aliphatic carboxylic acids is 6. The van der Waals surface area contributed by atoms with E-state index in [1.54, 1.807) is 9.80 Å². The SMILES string of the molecule is CNNC(=O)[C@H](CC(=O)O)NC(=O)C(CC(=O)O)NC(=O)C[C@H](CC(=O)O)NC(=O)CN1CCN(CC(=O)O)CCN(CC(=O)O)CCN(CC(=O)O)CC1. The van der Waals surface area contributed by atoms with Crippen molar-refractivity contribution < 1.29 is 78.6 Å². The Morgan fingerprint density at radius 2 is 0.800 bits per heavy atom. The Balaban J connectivity index is 3.14. The van der Waals surface area contributed by atoms with Crippen LogP contribution < -0.4 is 26.8 Å². The average Bonchev–Trinajstić information content (AvgIpc) is 3.03. The molecule has 0 aromatic rings. The summed E-state index contributed by atoms with van der Waals surface area (Å²) in [5, 5.41) is 62.6. The van der Waals surface area contributed by atoms with Crippen LogP contribution in [-0.4, -0.2) is 213 Å². The van der Waals surface area contributed by atoms with Crippen molar-refractivity contribution in [2.24, 2.45) is 0 Å². The van der Waals surface area contributed by atoms with Gasteiger partial charge < -0.3 is 46.6 Å². The maximum atomic E-state index is 13.2. The van der Waals surface area contributed by atoms with Gasteiger partial charge >= 0.3 is 35.8 Å². The van der Waals surface area contributed by atoms with Crippen molar-refractivity contribution in [1.82, 2.24) is 46.4 Å². The first-order valence-corrected chi connectivity index (χ1v) is 16.8. The van der Waals surface area contributed by atoms with E-state index in [-0.39, 0.29) is 58.9 Å². The molecule has 3 atom stereocenters. The van der Waals surface area contributed by atoms with E-state index in [9.17, 15) is 73.5 Å². The first-order chi connectivity index (χ1) is 25.8. The summed E-state index contributed by atoms with van der Waals surface area (Å²) in [5.74, 6) is -12.1. The van der Waals surface area contributed by atoms with Gasteiger partial charge in [-0.05, 0) is 0 Å². The predicted octanol–water partition coefficient (Wildman–Crippen LogP) is -6.02. The predicted molar refractivity (Wildman–Crippen MR) is 183 cm³/mol. The Hall–Kier alpha value is -5.50. The smallest absolute Gasteiger partial charge is 0.317 e. The molecular weight excluding hydrogens is 742 g/mol. The molecule has 0 bridgehead atoms. The molecule has 1 fully saturated rings. The summed E-state index contributed by atoms with van der Waals surface area (Å²) in [5.41, 5.74) is 4.32. The van der Waals surface area contributed by atoms with Crippen LogP contribution >= 0.6 is 0 Å². The zero-order chi connectivity index (χ0) is 41.7. The molecule has 0 spiro atoms. The molecule has 55 heavy (non-hydrogen) atoms. The summed E-state index contributed by atoms with van der Waals surface area (Å²) in [4.78, 5) is 126. The summed E-state index contributed by atoms with van der Waals surface area (Å²) in [6, 6.07) is -4.94. The number of carboxylic acids is 6. The molecule has 0 aromatic carbocycles. The molecule has 0 saturated carbocycles. The van der Waals surface area contributed by atoms with Gasteiger partial charge in [0.25, 0.3) is 5.91 Å². The van der Waals surface area contributed by atoms with Crippen molar-refractivity contribution in [2.75, 3.05) is 85.6 Å². The molecule has 11 N–H and O–H groups in total. The standard InChI is InChI=1S/C30H49N9O16/c1-31-35-30(55)20(13-25(46)47)34-29(54)19(12-24(44)45)33-21(40)10-18(11-23(42)43)32-22(41)14-36-2-4-37(15-26(48)49)6-8-39(17-28(52)53)9-7-38(5-3-36)16-27(50)51/h18-20,31H,2-17H2,1H3,(H,32,41)(H,33,40)(H,34,54)(H,35,55)(H,42,43)(H,44,45)(H,46,47)(H,48,49)(H,50,51)(H,52,53)/t18-,19?,20+/m1/s1. The lowest BCUT2D eigenvalue weighted by Crippen LogP contribution is -2.56. The van der Waals surface area contributed by atoms with E-state index in [2.05, 4.69) is 26.8 Å². The molecule has 25 nitrogen and oxygen atoms in total. The second-order valence-electron chi connectivity index (χ2n) is 12.5. The lowest BCUT2D eigenvalue weighted by atomic mass is 10.1. The van der Waals surface area contributed by atoms with E-state index in [0.29, 0.717) is 0 Å². The molecular formula is C30H49N9O16. The van der Waals surface area contributed by atoms with Gasteiger partial charge in [0.15, 0.2) is 0 Å². The summed E-state index contributed by atoms with van der Waals surface area (Å²) < 4.78 is 0. The Bertz CT molecular complexity index is 1370. The quantitative estimate of drug-likeness (QED) is 0.0455. The van der Waals surface area contributed by atoms with E-state index in [1.165, 1.54) is 16.8 Å². The van der Waals surface area contributed by atoms with Crippen LogP contribution in [0.2, 0.25) is 0 Å². The molecule has 1 unspecified atom stereocenters. The average molecular weight is 792 g/mol. The van der Waals surface area contributed by atoms with Gasteiger partial charge in [-0.25, -0.2) is 5.43 Å². The van der Waals surface area contributed by atoms with E-state index >= 15 is 0 Å². The maximum Gasteiger partial charge on any atom is 0.317 e. The summed E-state index contributed by atoms with van der Waals surface area (Å²) in [6.07, 6.45) is -3.50. The Labute approximate surface area is 313 Å². The first kappa shape index (κ1) is 47.5. The topological polar surface area (TPSA) is 365 Å². The van der Waals surface area contributed by atoms with E-state index in [4.69, 9.17) is 5.11 Å². The Morgan fingerprint density at radius 3 is 1.15 bits per heavy atom. The van der Waals surface area contributed by atoms with Crippen molar-refractivity contribution in [1.29, 1.82) is 0 Å². The third-order valence-corrected chi connectivity index (χ3v) is 7.88. The van der Waals surface area contributed by atoms with Crippen molar-refractivity contribution >= 4 is 59.4 Å². The van der Waals surface area contributed by atoms with Gasteiger partial charge in [-0.2, -0.15) is 0 Å². The fourth-order valence-corrected chi connectivity index (χ4v) is 5.37. The van der Waals surface area contributed by atoms with Gasteiger partial charge in [0, 0.05) is 71.9 Å². The van der Waals surface area contributed by atoms with Crippen LogP contribution in [0.15, 0.2) is 0 Å². The first-order valence-electron chi connectivity index (χ1n) is 16.8. The highest BCUT2D eigenvalue weighted by molar-refractivity contribution is 5.95. The van der Waals surface area contributed by atoms with Crippen molar-refractivity contribution in [3.05, 3.63) is 0 Å². The molecule has 0 aromatic heterocycles. The maximum absolute atomic E-state index is 13.2. The van der Waals surface area contributed by atoms with Gasteiger partial charge in [-0.15, -0.1) is 0 Å². The molecule has 25 heteroatoms. The number of hydrogen-bond acceptors (Lipinski definition) is 15. The van der Waals surface area contributed by atoms with Gasteiger partial charge in [-0.3, -0.25) is 73.0 Å². The van der Waals surface area contributed by atoms with E-state index < -0.39 is 123 Å². The molecule has 1 heterocycles. The molecule has 1 aliphatic heterocycles. The van der Waals surface area contributed by atoms with Crippen molar-refractivity contribution in [3.63, 3.8) is 0 Å².